The van der Waals surface area contributed by atoms with Crippen LogP contribution in [0.1, 0.15) is 38.7 Å². The molecule has 3 heteroatoms. The highest BCUT2D eigenvalue weighted by Crippen LogP contribution is 2.20. The van der Waals surface area contributed by atoms with Crippen molar-refractivity contribution in [3.8, 4) is 0 Å². The molecule has 1 fully saturated rings. The molecule has 1 aromatic rings. The van der Waals surface area contributed by atoms with Crippen molar-refractivity contribution in [3.63, 3.8) is 0 Å². The van der Waals surface area contributed by atoms with Crippen molar-refractivity contribution in [1.29, 1.82) is 0 Å². The van der Waals surface area contributed by atoms with Gasteiger partial charge in [-0.15, -0.1) is 0 Å². The van der Waals surface area contributed by atoms with Gasteiger partial charge in [0.1, 0.15) is 0 Å². The predicted molar refractivity (Wildman–Crippen MR) is 73.3 cm³/mol. The molecule has 0 radical (unpaired) electrons. The average molecular weight is 246 g/mol. The van der Waals surface area contributed by atoms with E-state index in [2.05, 4.69) is 10.6 Å². The largest absolute Gasteiger partial charge is 0.347 e. The molecule has 3 nitrogen and oxygen atoms in total. The molecule has 98 valence electrons. The van der Waals surface area contributed by atoms with Gasteiger partial charge in [0, 0.05) is 12.5 Å². The Labute approximate surface area is 109 Å². The van der Waals surface area contributed by atoms with Crippen molar-refractivity contribution in [1.82, 2.24) is 10.6 Å². The van der Waals surface area contributed by atoms with Crippen LogP contribution in [0.3, 0.4) is 0 Å². The maximum atomic E-state index is 12.0. The summed E-state index contributed by atoms with van der Waals surface area (Å²) >= 11 is 0. The molecule has 1 atom stereocenters. The Morgan fingerprint density at radius 2 is 2.11 bits per heavy atom. The average Bonchev–Trinajstić information content (AvgIpc) is 2.82. The summed E-state index contributed by atoms with van der Waals surface area (Å²) in [5, 5.41) is 6.47. The normalized spacial score (nSPS) is 19.8. The van der Waals surface area contributed by atoms with Crippen LogP contribution in [0.5, 0.6) is 0 Å². The molecule has 0 aliphatic carbocycles. The van der Waals surface area contributed by atoms with Gasteiger partial charge in [-0.2, -0.15) is 0 Å². The quantitative estimate of drug-likeness (QED) is 0.855. The number of nitrogens with one attached hydrogen (secondary N) is 2. The highest BCUT2D eigenvalue weighted by Gasteiger charge is 2.24. The van der Waals surface area contributed by atoms with E-state index >= 15 is 0 Å². The maximum absolute atomic E-state index is 12.0. The minimum absolute atomic E-state index is 0.128. The molecule has 1 saturated heterocycles. The molecule has 1 aromatic carbocycles. The fourth-order valence-corrected chi connectivity index (χ4v) is 2.48. The highest BCUT2D eigenvalue weighted by molar-refractivity contribution is 5.77. The third kappa shape index (κ3) is 3.33. The fourth-order valence-electron chi connectivity index (χ4n) is 2.48. The minimum Gasteiger partial charge on any atom is -0.347 e. The number of rotatable bonds is 4. The van der Waals surface area contributed by atoms with Crippen LogP contribution in [0.25, 0.3) is 0 Å². The van der Waals surface area contributed by atoms with E-state index in [0.717, 1.165) is 18.5 Å². The van der Waals surface area contributed by atoms with Crippen molar-refractivity contribution in [2.45, 2.75) is 44.7 Å². The Bertz CT molecular complexity index is 394. The number of amides is 1. The summed E-state index contributed by atoms with van der Waals surface area (Å²) < 4.78 is 0. The van der Waals surface area contributed by atoms with Crippen LogP contribution in [0, 0.1) is 0 Å². The molecular formula is C15H22N2O. The van der Waals surface area contributed by atoms with Gasteiger partial charge in [0.15, 0.2) is 0 Å². The van der Waals surface area contributed by atoms with Crippen molar-refractivity contribution in [3.05, 3.63) is 35.9 Å². The number of benzene rings is 1. The summed E-state index contributed by atoms with van der Waals surface area (Å²) in [4.78, 5) is 12.0. The van der Waals surface area contributed by atoms with Crippen LogP contribution >= 0.6 is 0 Å². The molecule has 2 N–H and O–H groups in total. The maximum Gasteiger partial charge on any atom is 0.222 e. The lowest BCUT2D eigenvalue weighted by molar-refractivity contribution is -0.123. The van der Waals surface area contributed by atoms with E-state index < -0.39 is 0 Å². The van der Waals surface area contributed by atoms with Crippen LogP contribution in [0.15, 0.2) is 30.3 Å². The van der Waals surface area contributed by atoms with Crippen LogP contribution < -0.4 is 10.6 Å². The van der Waals surface area contributed by atoms with Crippen LogP contribution in [-0.2, 0) is 10.3 Å². The van der Waals surface area contributed by atoms with Gasteiger partial charge >= 0.3 is 0 Å². The van der Waals surface area contributed by atoms with Gasteiger partial charge in [-0.25, -0.2) is 0 Å². The lowest BCUT2D eigenvalue weighted by Gasteiger charge is -2.27. The van der Waals surface area contributed by atoms with Gasteiger partial charge in [-0.1, -0.05) is 30.3 Å². The second-order valence-corrected chi connectivity index (χ2v) is 5.54. The first-order valence-electron chi connectivity index (χ1n) is 6.68. The molecule has 0 bridgehead atoms. The zero-order chi connectivity index (χ0) is 13.0. The first-order chi connectivity index (χ1) is 8.58. The van der Waals surface area contributed by atoms with E-state index in [9.17, 15) is 4.79 Å². The number of carbonyl (C=O) groups is 1. The summed E-state index contributed by atoms with van der Waals surface area (Å²) in [5.74, 6) is 0.128. The second-order valence-electron chi connectivity index (χ2n) is 5.54. The topological polar surface area (TPSA) is 41.1 Å². The summed E-state index contributed by atoms with van der Waals surface area (Å²) in [6, 6.07) is 10.5. The zero-order valence-corrected chi connectivity index (χ0v) is 11.2. The van der Waals surface area contributed by atoms with Gasteiger partial charge in [-0.05, 0) is 38.8 Å². The monoisotopic (exact) mass is 246 g/mol. The van der Waals surface area contributed by atoms with E-state index in [1.807, 2.05) is 44.2 Å². The summed E-state index contributed by atoms with van der Waals surface area (Å²) in [6.07, 6.45) is 2.87. The Morgan fingerprint density at radius 3 is 2.72 bits per heavy atom. The van der Waals surface area contributed by atoms with Crippen LogP contribution in [0.2, 0.25) is 0 Å². The second kappa shape index (κ2) is 5.53. The van der Waals surface area contributed by atoms with Gasteiger partial charge < -0.3 is 10.6 Å². The molecule has 1 unspecified atom stereocenters. The fraction of sp³-hybridized carbons (Fsp3) is 0.533. The van der Waals surface area contributed by atoms with Crippen molar-refractivity contribution in [2.75, 3.05) is 6.54 Å². The molecule has 2 rings (SSSR count). The standard InChI is InChI=1S/C15H22N2O/c1-15(2,12-7-4-3-5-8-12)17-14(18)11-13-9-6-10-16-13/h3-5,7-8,13,16H,6,9-11H2,1-2H3,(H,17,18). The first-order valence-corrected chi connectivity index (χ1v) is 6.68. The van der Waals surface area contributed by atoms with Gasteiger partial charge in [0.2, 0.25) is 5.91 Å². The molecule has 1 heterocycles. The van der Waals surface area contributed by atoms with E-state index in [1.54, 1.807) is 0 Å². The van der Waals surface area contributed by atoms with Crippen LogP contribution in [-0.4, -0.2) is 18.5 Å². The minimum atomic E-state index is -0.309. The van der Waals surface area contributed by atoms with E-state index in [1.165, 1.54) is 6.42 Å². The SMILES string of the molecule is CC(C)(NC(=O)CC1CCCN1)c1ccccc1. The highest BCUT2D eigenvalue weighted by atomic mass is 16.1. The van der Waals surface area contributed by atoms with Crippen molar-refractivity contribution in [2.24, 2.45) is 0 Å². The van der Waals surface area contributed by atoms with Crippen molar-refractivity contribution >= 4 is 5.91 Å². The summed E-state index contributed by atoms with van der Waals surface area (Å²) in [7, 11) is 0. The lowest BCUT2D eigenvalue weighted by atomic mass is 9.94. The van der Waals surface area contributed by atoms with E-state index in [4.69, 9.17) is 0 Å². The molecule has 0 spiro atoms. The van der Waals surface area contributed by atoms with Crippen molar-refractivity contribution < 1.29 is 4.79 Å². The Hall–Kier alpha value is -1.35. The molecule has 0 aromatic heterocycles. The molecule has 1 aliphatic heterocycles. The molecule has 18 heavy (non-hydrogen) atoms. The van der Waals surface area contributed by atoms with Gasteiger partial charge in [0.05, 0.1) is 5.54 Å². The Morgan fingerprint density at radius 1 is 1.39 bits per heavy atom. The van der Waals surface area contributed by atoms with E-state index in [0.29, 0.717) is 12.5 Å². The van der Waals surface area contributed by atoms with Crippen LogP contribution in [0.4, 0.5) is 0 Å². The summed E-state index contributed by atoms with van der Waals surface area (Å²) in [5.41, 5.74) is 0.828. The van der Waals surface area contributed by atoms with Gasteiger partial charge in [-0.3, -0.25) is 4.79 Å². The third-order valence-corrected chi connectivity index (χ3v) is 3.54. The Balaban J connectivity index is 1.93. The Kier molecular flexibility index (Phi) is 4.02. The molecular weight excluding hydrogens is 224 g/mol. The first kappa shape index (κ1) is 13.1. The zero-order valence-electron chi connectivity index (χ0n) is 11.2. The number of hydrogen-bond donors (Lipinski definition) is 2. The molecule has 0 saturated carbocycles. The van der Waals surface area contributed by atoms with E-state index in [-0.39, 0.29) is 11.4 Å². The third-order valence-electron chi connectivity index (χ3n) is 3.54. The molecule has 1 aliphatic rings. The number of carbonyl (C=O) groups excluding carboxylic acids is 1. The number of hydrogen-bond acceptors (Lipinski definition) is 2. The smallest absolute Gasteiger partial charge is 0.222 e. The van der Waals surface area contributed by atoms with Gasteiger partial charge in [0.25, 0.3) is 0 Å². The molecule has 1 amide bonds. The predicted octanol–water partition coefficient (Wildman–Crippen LogP) is 2.18. The lowest BCUT2D eigenvalue weighted by Crippen LogP contribution is -2.43. The summed E-state index contributed by atoms with van der Waals surface area (Å²) in [6.45, 7) is 5.13.